The summed E-state index contributed by atoms with van der Waals surface area (Å²) >= 11 is 0. The number of hydrogen-bond acceptors (Lipinski definition) is 4. The fourth-order valence-corrected chi connectivity index (χ4v) is 2.02. The first-order chi connectivity index (χ1) is 8.61. The fraction of sp³-hybridized carbons (Fsp3) is 0.385. The van der Waals surface area contributed by atoms with Gasteiger partial charge in [0.2, 0.25) is 0 Å². The zero-order chi connectivity index (χ0) is 13.1. The number of ether oxygens (including phenoxy) is 2. The number of aliphatic carboxylic acids is 1. The van der Waals surface area contributed by atoms with Crippen LogP contribution in [0.3, 0.4) is 0 Å². The molecule has 1 aromatic rings. The number of esters is 1. The second kappa shape index (κ2) is 5.08. The van der Waals surface area contributed by atoms with Gasteiger partial charge in [-0.3, -0.25) is 9.59 Å². The zero-order valence-corrected chi connectivity index (χ0v) is 9.96. The summed E-state index contributed by atoms with van der Waals surface area (Å²) in [7, 11) is 0. The molecule has 1 aliphatic heterocycles. The van der Waals surface area contributed by atoms with Crippen molar-refractivity contribution in [2.75, 3.05) is 6.61 Å². The number of carboxylic acid groups (broad SMARTS) is 1. The number of hydrogen-bond donors (Lipinski definition) is 1. The zero-order valence-electron chi connectivity index (χ0n) is 9.96. The highest BCUT2D eigenvalue weighted by atomic mass is 16.6. The Bertz CT molecular complexity index is 468. The monoisotopic (exact) mass is 250 g/mol. The highest BCUT2D eigenvalue weighted by Crippen LogP contribution is 2.36. The van der Waals surface area contributed by atoms with Crippen molar-refractivity contribution < 1.29 is 24.2 Å². The summed E-state index contributed by atoms with van der Waals surface area (Å²) in [5.74, 6) is -1.68. The van der Waals surface area contributed by atoms with Crippen LogP contribution in [0.4, 0.5) is 0 Å². The lowest BCUT2D eigenvalue weighted by atomic mass is 9.95. The molecule has 96 valence electrons. The maximum Gasteiger partial charge on any atom is 0.311 e. The van der Waals surface area contributed by atoms with Gasteiger partial charge in [-0.2, -0.15) is 0 Å². The lowest BCUT2D eigenvalue weighted by molar-refractivity contribution is -0.144. The van der Waals surface area contributed by atoms with E-state index in [9.17, 15) is 9.59 Å². The number of benzene rings is 1. The molecule has 18 heavy (non-hydrogen) atoms. The molecule has 0 amide bonds. The average molecular weight is 250 g/mol. The van der Waals surface area contributed by atoms with E-state index in [0.29, 0.717) is 17.9 Å². The fourth-order valence-electron chi connectivity index (χ4n) is 2.02. The third-order valence-electron chi connectivity index (χ3n) is 2.83. The first kappa shape index (κ1) is 12.4. The molecule has 1 saturated heterocycles. The van der Waals surface area contributed by atoms with Crippen molar-refractivity contribution in [3.8, 4) is 5.75 Å². The van der Waals surface area contributed by atoms with E-state index in [2.05, 4.69) is 0 Å². The standard InChI is InChI=1S/C13H14O5/c1-2-17-9-5-3-4-8(6-9)12-10(13(15)16)7-11(14)18-12/h3-6,10,12H,2,7H2,1H3,(H,15,16)/t10-,12-/m0/s1. The molecule has 0 unspecified atom stereocenters. The van der Waals surface area contributed by atoms with Crippen LogP contribution in [-0.2, 0) is 14.3 Å². The Morgan fingerprint density at radius 3 is 3.00 bits per heavy atom. The van der Waals surface area contributed by atoms with Crippen molar-refractivity contribution in [3.05, 3.63) is 29.8 Å². The summed E-state index contributed by atoms with van der Waals surface area (Å²) in [4.78, 5) is 22.3. The number of rotatable bonds is 4. The summed E-state index contributed by atoms with van der Waals surface area (Å²) in [6, 6.07) is 6.98. The molecule has 1 aromatic carbocycles. The Labute approximate surface area is 104 Å². The molecule has 5 nitrogen and oxygen atoms in total. The predicted octanol–water partition coefficient (Wildman–Crippen LogP) is 1.77. The van der Waals surface area contributed by atoms with Gasteiger partial charge in [0, 0.05) is 0 Å². The van der Waals surface area contributed by atoms with Crippen LogP contribution in [-0.4, -0.2) is 23.7 Å². The van der Waals surface area contributed by atoms with Crippen molar-refractivity contribution in [3.63, 3.8) is 0 Å². The topological polar surface area (TPSA) is 72.8 Å². The molecule has 0 radical (unpaired) electrons. The van der Waals surface area contributed by atoms with Gasteiger partial charge < -0.3 is 14.6 Å². The van der Waals surface area contributed by atoms with Gasteiger partial charge in [0.25, 0.3) is 0 Å². The quantitative estimate of drug-likeness (QED) is 0.824. The van der Waals surface area contributed by atoms with Crippen LogP contribution in [0, 0.1) is 5.92 Å². The number of carboxylic acids is 1. The third kappa shape index (κ3) is 2.45. The number of carbonyl (C=O) groups excluding carboxylic acids is 1. The van der Waals surface area contributed by atoms with Crippen LogP contribution in [0.15, 0.2) is 24.3 Å². The summed E-state index contributed by atoms with van der Waals surface area (Å²) in [6.45, 7) is 2.39. The van der Waals surface area contributed by atoms with E-state index in [-0.39, 0.29) is 6.42 Å². The maximum atomic E-state index is 11.2. The van der Waals surface area contributed by atoms with E-state index in [1.54, 1.807) is 24.3 Å². The van der Waals surface area contributed by atoms with Crippen LogP contribution in [0.2, 0.25) is 0 Å². The van der Waals surface area contributed by atoms with Crippen LogP contribution in [0.1, 0.15) is 25.0 Å². The first-order valence-electron chi connectivity index (χ1n) is 5.77. The van der Waals surface area contributed by atoms with Crippen molar-refractivity contribution >= 4 is 11.9 Å². The van der Waals surface area contributed by atoms with Crippen molar-refractivity contribution in [2.45, 2.75) is 19.4 Å². The number of carbonyl (C=O) groups is 2. The van der Waals surface area contributed by atoms with Gasteiger partial charge >= 0.3 is 11.9 Å². The molecule has 0 aromatic heterocycles. The summed E-state index contributed by atoms with van der Waals surface area (Å²) in [5.41, 5.74) is 0.652. The van der Waals surface area contributed by atoms with Gasteiger partial charge in [-0.15, -0.1) is 0 Å². The Hall–Kier alpha value is -2.04. The van der Waals surface area contributed by atoms with Crippen molar-refractivity contribution in [1.29, 1.82) is 0 Å². The van der Waals surface area contributed by atoms with E-state index in [1.165, 1.54) is 0 Å². The van der Waals surface area contributed by atoms with Crippen molar-refractivity contribution in [2.24, 2.45) is 5.92 Å². The Balaban J connectivity index is 2.26. The van der Waals surface area contributed by atoms with Crippen molar-refractivity contribution in [1.82, 2.24) is 0 Å². The van der Waals surface area contributed by atoms with Gasteiger partial charge in [0.15, 0.2) is 0 Å². The molecule has 1 aliphatic rings. The smallest absolute Gasteiger partial charge is 0.311 e. The van der Waals surface area contributed by atoms with Gasteiger partial charge in [-0.1, -0.05) is 12.1 Å². The summed E-state index contributed by atoms with van der Waals surface area (Å²) < 4.78 is 10.4. The van der Waals surface area contributed by atoms with Gasteiger partial charge in [0.1, 0.15) is 17.8 Å². The Morgan fingerprint density at radius 2 is 2.33 bits per heavy atom. The third-order valence-corrected chi connectivity index (χ3v) is 2.83. The second-order valence-electron chi connectivity index (χ2n) is 4.06. The molecule has 1 heterocycles. The van der Waals surface area contributed by atoms with Crippen LogP contribution >= 0.6 is 0 Å². The lowest BCUT2D eigenvalue weighted by Crippen LogP contribution is -2.17. The molecule has 2 rings (SSSR count). The number of cyclic esters (lactones) is 1. The van der Waals surface area contributed by atoms with Crippen LogP contribution in [0.25, 0.3) is 0 Å². The molecular formula is C13H14O5. The molecule has 5 heteroatoms. The lowest BCUT2D eigenvalue weighted by Gasteiger charge is -2.15. The van der Waals surface area contributed by atoms with Crippen LogP contribution in [0.5, 0.6) is 5.75 Å². The average Bonchev–Trinajstić information content (AvgIpc) is 2.72. The molecular weight excluding hydrogens is 236 g/mol. The SMILES string of the molecule is CCOc1cccc([C@@H]2OC(=O)C[C@@H]2C(=O)O)c1. The predicted molar refractivity (Wildman–Crippen MR) is 62.2 cm³/mol. The molecule has 1 N–H and O–H groups in total. The van der Waals surface area contributed by atoms with Gasteiger partial charge in [-0.25, -0.2) is 0 Å². The molecule has 0 bridgehead atoms. The minimum Gasteiger partial charge on any atom is -0.494 e. The maximum absolute atomic E-state index is 11.2. The molecule has 2 atom stereocenters. The molecule has 0 saturated carbocycles. The van der Waals surface area contributed by atoms with Crippen LogP contribution < -0.4 is 4.74 Å². The van der Waals surface area contributed by atoms with E-state index >= 15 is 0 Å². The first-order valence-corrected chi connectivity index (χ1v) is 5.77. The highest BCUT2D eigenvalue weighted by molar-refractivity contribution is 5.82. The van der Waals surface area contributed by atoms with Gasteiger partial charge in [0.05, 0.1) is 13.0 Å². The van der Waals surface area contributed by atoms with E-state index in [4.69, 9.17) is 14.6 Å². The Kier molecular flexibility index (Phi) is 3.50. The van der Waals surface area contributed by atoms with E-state index < -0.39 is 24.0 Å². The largest absolute Gasteiger partial charge is 0.494 e. The summed E-state index contributed by atoms with van der Waals surface area (Å²) in [5, 5.41) is 9.07. The van der Waals surface area contributed by atoms with Gasteiger partial charge in [-0.05, 0) is 24.6 Å². The van der Waals surface area contributed by atoms with E-state index in [0.717, 1.165) is 0 Å². The minimum atomic E-state index is -1.02. The van der Waals surface area contributed by atoms with E-state index in [1.807, 2.05) is 6.92 Å². The summed E-state index contributed by atoms with van der Waals surface area (Å²) in [6.07, 6.45) is -0.811. The minimum absolute atomic E-state index is 0.0845. The normalized spacial score (nSPS) is 22.6. The molecule has 0 spiro atoms. The molecule has 0 aliphatic carbocycles. The Morgan fingerprint density at radius 1 is 1.56 bits per heavy atom. The highest BCUT2D eigenvalue weighted by Gasteiger charge is 2.40. The second-order valence-corrected chi connectivity index (χ2v) is 4.06. The molecule has 1 fully saturated rings.